The number of halogens is 4. The molecule has 0 radical (unpaired) electrons. The van der Waals surface area contributed by atoms with Crippen molar-refractivity contribution < 1.29 is 17.6 Å². The Morgan fingerprint density at radius 2 is 1.44 bits per heavy atom. The van der Waals surface area contributed by atoms with E-state index in [9.17, 15) is 17.6 Å². The number of rotatable bonds is 3. The lowest BCUT2D eigenvalue weighted by Gasteiger charge is -2.31. The first-order valence-corrected chi connectivity index (χ1v) is 8.32. The number of hydrogen-bond donors (Lipinski definition) is 1. The van der Waals surface area contributed by atoms with Crippen LogP contribution < -0.4 is 5.32 Å². The molecular formula is C19H20F4N2. The third-order valence-electron chi connectivity index (χ3n) is 4.48. The third-order valence-corrected chi connectivity index (χ3v) is 4.48. The van der Waals surface area contributed by atoms with E-state index in [1.807, 2.05) is 0 Å². The summed E-state index contributed by atoms with van der Waals surface area (Å²) in [5.74, 6) is -0.326. The molecule has 0 spiro atoms. The largest absolute Gasteiger partial charge is 0.416 e. The van der Waals surface area contributed by atoms with Crippen LogP contribution in [0.3, 0.4) is 0 Å². The molecule has 0 amide bonds. The molecule has 1 N–H and O–H groups in total. The fraction of sp³-hybridized carbons (Fsp3) is 0.368. The quantitative estimate of drug-likeness (QED) is 0.832. The molecular weight excluding hydrogens is 332 g/mol. The Balaban J connectivity index is 1.96. The molecule has 1 fully saturated rings. The van der Waals surface area contributed by atoms with Crippen LogP contribution in [0.2, 0.25) is 0 Å². The van der Waals surface area contributed by atoms with Gasteiger partial charge in [0, 0.05) is 19.6 Å². The molecule has 1 heterocycles. The van der Waals surface area contributed by atoms with Crippen LogP contribution in [0.15, 0.2) is 48.5 Å². The summed E-state index contributed by atoms with van der Waals surface area (Å²) in [4.78, 5) is 2.23. The summed E-state index contributed by atoms with van der Waals surface area (Å²) in [5, 5.41) is 3.32. The Kier molecular flexibility index (Phi) is 5.39. The Morgan fingerprint density at radius 1 is 0.840 bits per heavy atom. The van der Waals surface area contributed by atoms with Gasteiger partial charge in [-0.05, 0) is 48.4 Å². The zero-order valence-corrected chi connectivity index (χ0v) is 13.7. The minimum absolute atomic E-state index is 0.192. The van der Waals surface area contributed by atoms with E-state index in [0.29, 0.717) is 0 Å². The molecule has 0 saturated carbocycles. The fourth-order valence-corrected chi connectivity index (χ4v) is 3.24. The first-order valence-electron chi connectivity index (χ1n) is 8.32. The highest BCUT2D eigenvalue weighted by Gasteiger charge is 2.31. The van der Waals surface area contributed by atoms with E-state index < -0.39 is 11.7 Å². The number of nitrogens with one attached hydrogen (secondary N) is 1. The first kappa shape index (κ1) is 17.9. The second kappa shape index (κ2) is 7.54. The van der Waals surface area contributed by atoms with Gasteiger partial charge in [-0.2, -0.15) is 13.2 Å². The predicted octanol–water partition coefficient (Wildman–Crippen LogP) is 4.23. The van der Waals surface area contributed by atoms with E-state index in [1.165, 1.54) is 24.3 Å². The van der Waals surface area contributed by atoms with Crippen molar-refractivity contribution in [3.8, 4) is 0 Å². The Morgan fingerprint density at radius 3 is 2.04 bits per heavy atom. The fourth-order valence-electron chi connectivity index (χ4n) is 3.24. The monoisotopic (exact) mass is 352 g/mol. The Labute approximate surface area is 144 Å². The van der Waals surface area contributed by atoms with E-state index >= 15 is 0 Å². The third kappa shape index (κ3) is 4.38. The number of hydrogen-bond acceptors (Lipinski definition) is 2. The lowest BCUT2D eigenvalue weighted by Crippen LogP contribution is -2.33. The number of benzene rings is 2. The van der Waals surface area contributed by atoms with Crippen molar-refractivity contribution in [1.29, 1.82) is 0 Å². The molecule has 1 unspecified atom stereocenters. The summed E-state index contributed by atoms with van der Waals surface area (Å²) >= 11 is 0. The average molecular weight is 352 g/mol. The van der Waals surface area contributed by atoms with Crippen molar-refractivity contribution in [1.82, 2.24) is 10.2 Å². The molecule has 2 aromatic rings. The molecule has 6 heteroatoms. The lowest BCUT2D eigenvalue weighted by atomic mass is 9.95. The molecule has 1 aliphatic rings. The molecule has 1 aliphatic heterocycles. The van der Waals surface area contributed by atoms with Crippen molar-refractivity contribution in [2.75, 3.05) is 26.2 Å². The van der Waals surface area contributed by atoms with Crippen molar-refractivity contribution in [2.45, 2.75) is 18.6 Å². The second-order valence-electron chi connectivity index (χ2n) is 6.21. The van der Waals surface area contributed by atoms with Crippen LogP contribution >= 0.6 is 0 Å². The Hall–Kier alpha value is -1.92. The molecule has 0 aliphatic carbocycles. The van der Waals surface area contributed by atoms with Gasteiger partial charge >= 0.3 is 6.18 Å². The highest BCUT2D eigenvalue weighted by atomic mass is 19.4. The van der Waals surface area contributed by atoms with Crippen LogP contribution in [0.5, 0.6) is 0 Å². The van der Waals surface area contributed by atoms with E-state index in [0.717, 1.165) is 55.9 Å². The minimum atomic E-state index is -4.35. The van der Waals surface area contributed by atoms with Crippen LogP contribution in [-0.4, -0.2) is 31.1 Å². The molecule has 0 aromatic heterocycles. The summed E-state index contributed by atoms with van der Waals surface area (Å²) in [6, 6.07) is 11.3. The zero-order valence-electron chi connectivity index (χ0n) is 13.7. The predicted molar refractivity (Wildman–Crippen MR) is 88.7 cm³/mol. The van der Waals surface area contributed by atoms with Gasteiger partial charge in [0.05, 0.1) is 11.6 Å². The van der Waals surface area contributed by atoms with Crippen molar-refractivity contribution in [3.05, 3.63) is 71.0 Å². The van der Waals surface area contributed by atoms with Gasteiger partial charge in [-0.3, -0.25) is 4.90 Å². The van der Waals surface area contributed by atoms with Crippen molar-refractivity contribution >= 4 is 0 Å². The van der Waals surface area contributed by atoms with Crippen molar-refractivity contribution in [3.63, 3.8) is 0 Å². The van der Waals surface area contributed by atoms with Crippen molar-refractivity contribution in [2.24, 2.45) is 0 Å². The summed E-state index contributed by atoms with van der Waals surface area (Å²) in [6.07, 6.45) is -3.39. The zero-order chi connectivity index (χ0) is 17.9. The Bertz CT molecular complexity index is 672. The maximum Gasteiger partial charge on any atom is 0.416 e. The van der Waals surface area contributed by atoms with Crippen LogP contribution in [0, 0.1) is 5.82 Å². The lowest BCUT2D eigenvalue weighted by molar-refractivity contribution is -0.137. The molecule has 25 heavy (non-hydrogen) atoms. The second-order valence-corrected chi connectivity index (χ2v) is 6.21. The van der Waals surface area contributed by atoms with Gasteiger partial charge in [-0.1, -0.05) is 24.3 Å². The standard InChI is InChI=1S/C19H20F4N2/c20-17-8-4-15(5-9-17)18(25-12-1-10-24-11-13-25)14-2-6-16(7-3-14)19(21,22)23/h2-9,18,24H,1,10-13H2. The molecule has 2 aromatic carbocycles. The molecule has 3 rings (SSSR count). The smallest absolute Gasteiger partial charge is 0.315 e. The maximum atomic E-state index is 13.3. The number of nitrogens with zero attached hydrogens (tertiary/aromatic N) is 1. The first-order chi connectivity index (χ1) is 11.9. The summed E-state index contributed by atoms with van der Waals surface area (Å²) in [6.45, 7) is 3.34. The van der Waals surface area contributed by atoms with E-state index in [2.05, 4.69) is 10.2 Å². The van der Waals surface area contributed by atoms with E-state index in [-0.39, 0.29) is 11.9 Å². The molecule has 1 atom stereocenters. The summed E-state index contributed by atoms with van der Waals surface area (Å²) in [5.41, 5.74) is 0.996. The maximum absolute atomic E-state index is 13.3. The van der Waals surface area contributed by atoms with Gasteiger partial charge in [0.15, 0.2) is 0 Å². The SMILES string of the molecule is Fc1ccc(C(c2ccc(C(F)(F)F)cc2)N2CCCNCC2)cc1. The van der Waals surface area contributed by atoms with E-state index in [1.54, 1.807) is 12.1 Å². The minimum Gasteiger partial charge on any atom is -0.315 e. The molecule has 134 valence electrons. The van der Waals surface area contributed by atoms with Gasteiger partial charge in [-0.15, -0.1) is 0 Å². The van der Waals surface area contributed by atoms with Gasteiger partial charge in [0.1, 0.15) is 5.82 Å². The van der Waals surface area contributed by atoms with Crippen LogP contribution in [0.4, 0.5) is 17.6 Å². The molecule has 2 nitrogen and oxygen atoms in total. The normalized spacial score (nSPS) is 17.9. The van der Waals surface area contributed by atoms with Crippen LogP contribution in [0.1, 0.15) is 29.2 Å². The van der Waals surface area contributed by atoms with Gasteiger partial charge in [0.2, 0.25) is 0 Å². The highest BCUT2D eigenvalue weighted by Crippen LogP contribution is 2.33. The highest BCUT2D eigenvalue weighted by molar-refractivity contribution is 5.34. The summed E-state index contributed by atoms with van der Waals surface area (Å²) < 4.78 is 51.8. The van der Waals surface area contributed by atoms with Crippen LogP contribution in [-0.2, 0) is 6.18 Å². The van der Waals surface area contributed by atoms with Crippen LogP contribution in [0.25, 0.3) is 0 Å². The van der Waals surface area contributed by atoms with Gasteiger partial charge < -0.3 is 5.32 Å². The average Bonchev–Trinajstić information content (AvgIpc) is 2.86. The van der Waals surface area contributed by atoms with Gasteiger partial charge in [-0.25, -0.2) is 4.39 Å². The molecule has 0 bridgehead atoms. The molecule has 1 saturated heterocycles. The topological polar surface area (TPSA) is 15.3 Å². The number of alkyl halides is 3. The summed E-state index contributed by atoms with van der Waals surface area (Å²) in [7, 11) is 0. The van der Waals surface area contributed by atoms with Gasteiger partial charge in [0.25, 0.3) is 0 Å². The van der Waals surface area contributed by atoms with E-state index in [4.69, 9.17) is 0 Å².